The first kappa shape index (κ1) is 11.5. The monoisotopic (exact) mass is 231 g/mol. The molecule has 0 aliphatic rings. The van der Waals surface area contributed by atoms with Gasteiger partial charge in [0, 0.05) is 4.90 Å². The number of hydrogen-bond acceptors (Lipinski definition) is 5. The number of hydrogen-bond donors (Lipinski definition) is 0. The molecule has 0 aromatic heterocycles. The fraction of sp³-hybridized carbons (Fsp3) is 0.100. The number of nitriles is 3. The Labute approximate surface area is 96.3 Å². The van der Waals surface area contributed by atoms with Crippen LogP contribution in [0.1, 0.15) is 11.1 Å². The summed E-state index contributed by atoms with van der Waals surface area (Å²) in [5, 5.41) is 28.5. The van der Waals surface area contributed by atoms with E-state index in [0.29, 0.717) is 21.1 Å². The predicted octanol–water partition coefficient (Wildman–Crippen LogP) is 2.69. The Morgan fingerprint density at radius 1 is 1.07 bits per heavy atom. The van der Waals surface area contributed by atoms with Crippen LogP contribution in [0.25, 0.3) is 0 Å². The summed E-state index contributed by atoms with van der Waals surface area (Å²) in [6.07, 6.45) is 0. The summed E-state index contributed by atoms with van der Waals surface area (Å²) in [4.78, 5) is 0.658. The molecule has 0 radical (unpaired) electrons. The summed E-state index contributed by atoms with van der Waals surface area (Å²) in [5.74, 6) is 0. The van der Waals surface area contributed by atoms with Crippen LogP contribution in [-0.4, -0.2) is 5.08 Å². The summed E-state index contributed by atoms with van der Waals surface area (Å²) >= 11 is 2.43. The molecule has 0 spiro atoms. The Morgan fingerprint density at radius 3 is 2.13 bits per heavy atom. The normalized spacial score (nSPS) is 8.60. The van der Waals surface area contributed by atoms with Gasteiger partial charge in [0.25, 0.3) is 0 Å². The van der Waals surface area contributed by atoms with Crippen molar-refractivity contribution in [1.82, 2.24) is 0 Å². The van der Waals surface area contributed by atoms with E-state index < -0.39 is 0 Å². The van der Waals surface area contributed by atoms with Gasteiger partial charge in [-0.05, 0) is 23.9 Å². The van der Waals surface area contributed by atoms with E-state index in [9.17, 15) is 0 Å². The van der Waals surface area contributed by atoms with Crippen molar-refractivity contribution in [3.63, 3.8) is 0 Å². The molecule has 3 nitrogen and oxygen atoms in total. The van der Waals surface area contributed by atoms with Gasteiger partial charge in [-0.25, -0.2) is 0 Å². The first-order chi connectivity index (χ1) is 7.33. The molecule has 1 aromatic rings. The topological polar surface area (TPSA) is 71.4 Å². The Hall–Kier alpha value is -1.61. The Balaban J connectivity index is 2.99. The Bertz CT molecular complexity index is 445. The third-order valence-electron chi connectivity index (χ3n) is 1.58. The SMILES string of the molecule is N#CSCSc1c(C#N)cccc1C#N. The van der Waals surface area contributed by atoms with Crippen LogP contribution < -0.4 is 0 Å². The van der Waals surface area contributed by atoms with Gasteiger partial charge in [-0.1, -0.05) is 6.07 Å². The summed E-state index contributed by atoms with van der Waals surface area (Å²) in [5.41, 5.74) is 0.968. The van der Waals surface area contributed by atoms with Crippen LogP contribution in [-0.2, 0) is 0 Å². The number of rotatable bonds is 3. The fourth-order valence-electron chi connectivity index (χ4n) is 0.983. The molecule has 0 N–H and O–H groups in total. The molecule has 0 aliphatic heterocycles. The van der Waals surface area contributed by atoms with Crippen LogP contribution in [0.3, 0.4) is 0 Å². The molecule has 0 saturated heterocycles. The van der Waals surface area contributed by atoms with Crippen molar-refractivity contribution in [1.29, 1.82) is 15.8 Å². The van der Waals surface area contributed by atoms with Crippen molar-refractivity contribution in [2.24, 2.45) is 0 Å². The maximum Gasteiger partial charge on any atom is 0.134 e. The van der Waals surface area contributed by atoms with Gasteiger partial charge in [-0.2, -0.15) is 15.8 Å². The standard InChI is InChI=1S/C10H5N3S2/c11-4-8-2-1-3-9(5-12)10(8)15-7-14-6-13/h1-3H,7H2. The molecule has 0 saturated carbocycles. The minimum Gasteiger partial charge on any atom is -0.192 e. The minimum absolute atomic E-state index is 0.484. The highest BCUT2D eigenvalue weighted by Crippen LogP contribution is 2.28. The third kappa shape index (κ3) is 2.92. The predicted molar refractivity (Wildman–Crippen MR) is 59.8 cm³/mol. The maximum atomic E-state index is 8.85. The van der Waals surface area contributed by atoms with Crippen molar-refractivity contribution < 1.29 is 0 Å². The van der Waals surface area contributed by atoms with Gasteiger partial charge in [0.1, 0.15) is 17.5 Å². The number of thioether (sulfide) groups is 2. The second-order valence-electron chi connectivity index (χ2n) is 2.40. The average molecular weight is 231 g/mol. The minimum atomic E-state index is 0.484. The van der Waals surface area contributed by atoms with E-state index in [1.54, 1.807) is 18.2 Å². The van der Waals surface area contributed by atoms with Crippen LogP contribution in [0.4, 0.5) is 0 Å². The summed E-state index contributed by atoms with van der Waals surface area (Å²) in [6.45, 7) is 0. The molecule has 0 aliphatic carbocycles. The molecular weight excluding hydrogens is 226 g/mol. The van der Waals surface area contributed by atoms with Gasteiger partial charge >= 0.3 is 0 Å². The first-order valence-corrected chi connectivity index (χ1v) is 5.87. The van der Waals surface area contributed by atoms with Gasteiger partial charge in [-0.3, -0.25) is 0 Å². The number of thiocyanates is 1. The second kappa shape index (κ2) is 5.98. The van der Waals surface area contributed by atoms with Crippen LogP contribution >= 0.6 is 23.5 Å². The van der Waals surface area contributed by atoms with Gasteiger partial charge in [-0.15, -0.1) is 11.8 Å². The molecule has 0 unspecified atom stereocenters. The molecule has 0 heterocycles. The van der Waals surface area contributed by atoms with E-state index in [1.165, 1.54) is 11.8 Å². The van der Waals surface area contributed by atoms with Crippen molar-refractivity contribution in [2.45, 2.75) is 4.90 Å². The van der Waals surface area contributed by atoms with Crippen molar-refractivity contribution >= 4 is 23.5 Å². The van der Waals surface area contributed by atoms with Crippen LogP contribution in [0.15, 0.2) is 23.1 Å². The van der Waals surface area contributed by atoms with Gasteiger partial charge in [0.15, 0.2) is 0 Å². The van der Waals surface area contributed by atoms with Crippen LogP contribution in [0.5, 0.6) is 0 Å². The molecule has 1 aromatic carbocycles. The number of nitrogens with zero attached hydrogens (tertiary/aromatic N) is 3. The highest BCUT2D eigenvalue weighted by atomic mass is 32.2. The lowest BCUT2D eigenvalue weighted by Crippen LogP contribution is -1.86. The van der Waals surface area contributed by atoms with Crippen LogP contribution in [0.2, 0.25) is 0 Å². The zero-order valence-corrected chi connectivity index (χ0v) is 9.23. The van der Waals surface area contributed by atoms with E-state index in [0.717, 1.165) is 11.8 Å². The third-order valence-corrected chi connectivity index (χ3v) is 3.38. The van der Waals surface area contributed by atoms with E-state index in [4.69, 9.17) is 15.8 Å². The lowest BCUT2D eigenvalue weighted by Gasteiger charge is -2.03. The molecule has 15 heavy (non-hydrogen) atoms. The van der Waals surface area contributed by atoms with Crippen molar-refractivity contribution in [3.05, 3.63) is 29.3 Å². The fourth-order valence-corrected chi connectivity index (χ4v) is 2.44. The number of benzene rings is 1. The Morgan fingerprint density at radius 2 is 1.67 bits per heavy atom. The van der Waals surface area contributed by atoms with Crippen LogP contribution in [0, 0.1) is 33.3 Å². The van der Waals surface area contributed by atoms with Crippen molar-refractivity contribution in [3.8, 4) is 17.5 Å². The smallest absolute Gasteiger partial charge is 0.134 e. The van der Waals surface area contributed by atoms with E-state index in [-0.39, 0.29) is 0 Å². The molecule has 0 atom stereocenters. The maximum absolute atomic E-state index is 8.85. The lowest BCUT2D eigenvalue weighted by atomic mass is 10.1. The van der Waals surface area contributed by atoms with Crippen molar-refractivity contribution in [2.75, 3.05) is 5.08 Å². The Kier molecular flexibility index (Phi) is 4.57. The molecule has 0 amide bonds. The molecular formula is C10H5N3S2. The average Bonchev–Trinajstić information content (AvgIpc) is 2.29. The molecule has 1 rings (SSSR count). The van der Waals surface area contributed by atoms with Gasteiger partial charge < -0.3 is 0 Å². The highest BCUT2D eigenvalue weighted by Gasteiger charge is 2.08. The highest BCUT2D eigenvalue weighted by molar-refractivity contribution is 8.18. The second-order valence-corrected chi connectivity index (χ2v) is 4.51. The molecule has 0 bridgehead atoms. The van der Waals surface area contributed by atoms with Gasteiger partial charge in [0.05, 0.1) is 16.2 Å². The summed E-state index contributed by atoms with van der Waals surface area (Å²) in [7, 11) is 0. The van der Waals surface area contributed by atoms with E-state index in [2.05, 4.69) is 0 Å². The molecule has 5 heteroatoms. The largest absolute Gasteiger partial charge is 0.192 e. The van der Waals surface area contributed by atoms with E-state index >= 15 is 0 Å². The van der Waals surface area contributed by atoms with E-state index in [1.807, 2.05) is 17.5 Å². The quantitative estimate of drug-likeness (QED) is 0.346. The molecule has 72 valence electrons. The summed E-state index contributed by atoms with van der Waals surface area (Å²) in [6, 6.07) is 9.08. The van der Waals surface area contributed by atoms with Gasteiger partial charge in [0.2, 0.25) is 0 Å². The molecule has 0 fully saturated rings. The first-order valence-electron chi connectivity index (χ1n) is 3.90. The zero-order chi connectivity index (χ0) is 11.1. The lowest BCUT2D eigenvalue weighted by molar-refractivity contribution is 1.32. The summed E-state index contributed by atoms with van der Waals surface area (Å²) < 4.78 is 0. The zero-order valence-electron chi connectivity index (χ0n) is 7.60.